The topological polar surface area (TPSA) is 73.7 Å². The fraction of sp³-hybridized carbons (Fsp3) is 0.550. The van der Waals surface area contributed by atoms with E-state index in [1.165, 1.54) is 0 Å². The van der Waals surface area contributed by atoms with E-state index >= 15 is 0 Å². The van der Waals surface area contributed by atoms with Gasteiger partial charge in [-0.3, -0.25) is 14.2 Å². The molecule has 2 saturated heterocycles. The maximum atomic E-state index is 13.0. The van der Waals surface area contributed by atoms with Gasteiger partial charge in [-0.25, -0.2) is 4.98 Å². The molecule has 0 atom stereocenters. The van der Waals surface area contributed by atoms with E-state index in [4.69, 9.17) is 9.47 Å². The fourth-order valence-electron chi connectivity index (χ4n) is 4.39. The third kappa shape index (κ3) is 2.85. The molecule has 7 nitrogen and oxygen atoms in total. The molecule has 27 heavy (non-hydrogen) atoms. The molecule has 0 bridgehead atoms. The molecule has 2 aromatic rings. The normalized spacial score (nSPS) is 21.6. The average molecular weight is 369 g/mol. The van der Waals surface area contributed by atoms with Gasteiger partial charge in [-0.15, -0.1) is 0 Å². The number of aromatic nitrogens is 2. The molecule has 0 aliphatic carbocycles. The Kier molecular flexibility index (Phi) is 4.02. The number of fused-ring (bicyclic) bond motifs is 2. The monoisotopic (exact) mass is 369 g/mol. The number of carbonyl (C=O) groups is 1. The lowest BCUT2D eigenvalue weighted by atomic mass is 10.0. The number of likely N-dealkylation sites (tertiary alicyclic amines) is 1. The largest absolute Gasteiger partial charge is 0.347 e. The van der Waals surface area contributed by atoms with Crippen molar-refractivity contribution in [2.75, 3.05) is 26.3 Å². The van der Waals surface area contributed by atoms with Crippen LogP contribution in [0.25, 0.3) is 10.9 Å². The molecule has 5 rings (SSSR count). The van der Waals surface area contributed by atoms with Gasteiger partial charge in [0.1, 0.15) is 5.82 Å². The molecule has 4 heterocycles. The Morgan fingerprint density at radius 3 is 2.63 bits per heavy atom. The van der Waals surface area contributed by atoms with E-state index in [0.29, 0.717) is 55.6 Å². The van der Waals surface area contributed by atoms with Crippen molar-refractivity contribution in [3.63, 3.8) is 0 Å². The summed E-state index contributed by atoms with van der Waals surface area (Å²) >= 11 is 0. The molecular weight excluding hydrogens is 346 g/mol. The Morgan fingerprint density at radius 2 is 1.85 bits per heavy atom. The van der Waals surface area contributed by atoms with E-state index in [2.05, 4.69) is 4.98 Å². The predicted octanol–water partition coefficient (Wildman–Crippen LogP) is 1.71. The van der Waals surface area contributed by atoms with Crippen LogP contribution >= 0.6 is 0 Å². The summed E-state index contributed by atoms with van der Waals surface area (Å²) in [7, 11) is 0. The maximum absolute atomic E-state index is 13.0. The van der Waals surface area contributed by atoms with E-state index < -0.39 is 5.79 Å². The van der Waals surface area contributed by atoms with E-state index in [-0.39, 0.29) is 11.5 Å². The average Bonchev–Trinajstić information content (AvgIpc) is 3.16. The van der Waals surface area contributed by atoms with Gasteiger partial charge in [0.2, 0.25) is 0 Å². The van der Waals surface area contributed by atoms with Crippen LogP contribution in [0.2, 0.25) is 0 Å². The van der Waals surface area contributed by atoms with Crippen LogP contribution in [0.1, 0.15) is 41.9 Å². The highest BCUT2D eigenvalue weighted by Gasteiger charge is 2.40. The molecule has 1 spiro atoms. The zero-order valence-electron chi connectivity index (χ0n) is 15.3. The molecule has 0 unspecified atom stereocenters. The summed E-state index contributed by atoms with van der Waals surface area (Å²) in [4.78, 5) is 32.2. The number of aryl methyl sites for hydroxylation is 1. The summed E-state index contributed by atoms with van der Waals surface area (Å²) in [5.41, 5.74) is 1.21. The highest BCUT2D eigenvalue weighted by atomic mass is 16.7. The van der Waals surface area contributed by atoms with E-state index in [0.717, 1.165) is 31.6 Å². The van der Waals surface area contributed by atoms with Gasteiger partial charge >= 0.3 is 0 Å². The van der Waals surface area contributed by atoms with Gasteiger partial charge in [-0.2, -0.15) is 0 Å². The Balaban J connectivity index is 1.41. The molecule has 0 radical (unpaired) electrons. The molecule has 3 aliphatic rings. The van der Waals surface area contributed by atoms with Crippen molar-refractivity contribution in [2.24, 2.45) is 0 Å². The first-order valence-corrected chi connectivity index (χ1v) is 9.76. The van der Waals surface area contributed by atoms with Crippen LogP contribution in [0.3, 0.4) is 0 Å². The SMILES string of the molecule is O=C(c1ccc2c(=O)n3c(nc2c1)CCCC3)N1CCC2(CC1)OCCO2. The van der Waals surface area contributed by atoms with Crippen LogP contribution in [0.5, 0.6) is 0 Å². The Morgan fingerprint density at radius 1 is 1.07 bits per heavy atom. The zero-order chi connectivity index (χ0) is 18.4. The van der Waals surface area contributed by atoms with Crippen molar-refractivity contribution in [3.05, 3.63) is 39.9 Å². The quantitative estimate of drug-likeness (QED) is 0.765. The minimum atomic E-state index is -0.491. The van der Waals surface area contributed by atoms with Gasteiger partial charge in [0, 0.05) is 44.5 Å². The van der Waals surface area contributed by atoms with E-state index in [1.54, 1.807) is 22.8 Å². The van der Waals surface area contributed by atoms with E-state index in [9.17, 15) is 9.59 Å². The lowest BCUT2D eigenvalue weighted by molar-refractivity contribution is -0.181. The number of benzene rings is 1. The second-order valence-electron chi connectivity index (χ2n) is 7.57. The summed E-state index contributed by atoms with van der Waals surface area (Å²) in [6, 6.07) is 5.26. The highest BCUT2D eigenvalue weighted by Crippen LogP contribution is 2.31. The van der Waals surface area contributed by atoms with Crippen molar-refractivity contribution in [3.8, 4) is 0 Å². The predicted molar refractivity (Wildman–Crippen MR) is 98.7 cm³/mol. The maximum Gasteiger partial charge on any atom is 0.261 e. The van der Waals surface area contributed by atoms with Crippen LogP contribution in [-0.2, 0) is 22.4 Å². The molecule has 2 fully saturated rings. The van der Waals surface area contributed by atoms with Gasteiger partial charge in [0.15, 0.2) is 5.79 Å². The first kappa shape index (κ1) is 16.9. The standard InChI is InChI=1S/C20H23N3O4/c24-18(22-9-6-20(7-10-22)26-11-12-27-20)14-4-5-15-16(13-14)21-17-3-1-2-8-23(17)19(15)25/h4-5,13H,1-3,6-12H2. The van der Waals surface area contributed by atoms with Crippen molar-refractivity contribution in [1.82, 2.24) is 14.5 Å². The molecular formula is C20H23N3O4. The number of piperidine rings is 1. The van der Waals surface area contributed by atoms with Crippen LogP contribution in [-0.4, -0.2) is 52.4 Å². The first-order valence-electron chi connectivity index (χ1n) is 9.76. The van der Waals surface area contributed by atoms with Gasteiger partial charge in [0.05, 0.1) is 24.1 Å². The molecule has 0 saturated carbocycles. The lowest BCUT2D eigenvalue weighted by Crippen LogP contribution is -2.47. The third-order valence-electron chi connectivity index (χ3n) is 5.94. The van der Waals surface area contributed by atoms with Crippen molar-refractivity contribution >= 4 is 16.8 Å². The van der Waals surface area contributed by atoms with Crippen LogP contribution in [0.15, 0.2) is 23.0 Å². The lowest BCUT2D eigenvalue weighted by Gasteiger charge is -2.37. The molecule has 1 aromatic heterocycles. The van der Waals surface area contributed by atoms with Gasteiger partial charge < -0.3 is 14.4 Å². The van der Waals surface area contributed by atoms with Crippen LogP contribution < -0.4 is 5.56 Å². The van der Waals surface area contributed by atoms with Crippen molar-refractivity contribution < 1.29 is 14.3 Å². The zero-order valence-corrected chi connectivity index (χ0v) is 15.3. The second-order valence-corrected chi connectivity index (χ2v) is 7.57. The van der Waals surface area contributed by atoms with Gasteiger partial charge in [-0.1, -0.05) is 0 Å². The Labute approximate surface area is 156 Å². The highest BCUT2D eigenvalue weighted by molar-refractivity contribution is 5.97. The van der Waals surface area contributed by atoms with Crippen molar-refractivity contribution in [1.29, 1.82) is 0 Å². The second kappa shape index (κ2) is 6.42. The van der Waals surface area contributed by atoms with Gasteiger partial charge in [0.25, 0.3) is 11.5 Å². The summed E-state index contributed by atoms with van der Waals surface area (Å²) in [6.45, 7) is 3.21. The molecule has 3 aliphatic heterocycles. The molecule has 0 N–H and O–H groups in total. The summed E-state index contributed by atoms with van der Waals surface area (Å²) in [5.74, 6) is 0.318. The molecule has 7 heteroatoms. The number of rotatable bonds is 1. The molecule has 1 amide bonds. The van der Waals surface area contributed by atoms with Crippen molar-refractivity contribution in [2.45, 2.75) is 44.4 Å². The third-order valence-corrected chi connectivity index (χ3v) is 5.94. The van der Waals surface area contributed by atoms with Crippen LogP contribution in [0.4, 0.5) is 0 Å². The number of hydrogen-bond acceptors (Lipinski definition) is 5. The Bertz CT molecular complexity index is 952. The summed E-state index contributed by atoms with van der Waals surface area (Å²) in [6.07, 6.45) is 4.27. The number of amides is 1. The van der Waals surface area contributed by atoms with Crippen LogP contribution in [0, 0.1) is 0 Å². The number of carbonyl (C=O) groups excluding carboxylic acids is 1. The van der Waals surface area contributed by atoms with Gasteiger partial charge in [-0.05, 0) is 31.0 Å². The van der Waals surface area contributed by atoms with E-state index in [1.807, 2.05) is 4.90 Å². The first-order chi connectivity index (χ1) is 13.2. The minimum Gasteiger partial charge on any atom is -0.347 e. The summed E-state index contributed by atoms with van der Waals surface area (Å²) < 4.78 is 13.2. The minimum absolute atomic E-state index is 0.00384. The summed E-state index contributed by atoms with van der Waals surface area (Å²) in [5, 5.41) is 0.586. The molecule has 142 valence electrons. The number of ether oxygens (including phenoxy) is 2. The number of hydrogen-bond donors (Lipinski definition) is 0. The fourth-order valence-corrected chi connectivity index (χ4v) is 4.39. The number of nitrogens with zero attached hydrogens (tertiary/aromatic N) is 3. The smallest absolute Gasteiger partial charge is 0.261 e. The Hall–Kier alpha value is -2.25. The molecule has 1 aromatic carbocycles.